The standard InChI is InChI=1S/C24H29FN4O/c25-19-7-5-18(6-8-19)22-17-29(23-4-2-1-3-21(22)23)20-9-12-27(13-10-20)15-16-28-14-11-26-24(28)30/h1-8,20,22H,9-17H2,(H,26,30). The number of halogens is 1. The minimum atomic E-state index is -0.180. The molecule has 1 unspecified atom stereocenters. The van der Waals surface area contributed by atoms with Gasteiger partial charge in [0, 0.05) is 63.5 Å². The molecule has 0 bridgehead atoms. The highest BCUT2D eigenvalue weighted by molar-refractivity contribution is 5.76. The summed E-state index contributed by atoms with van der Waals surface area (Å²) in [7, 11) is 0. The van der Waals surface area contributed by atoms with Gasteiger partial charge < -0.3 is 20.0 Å². The maximum absolute atomic E-state index is 13.4. The molecule has 3 aliphatic heterocycles. The van der Waals surface area contributed by atoms with Crippen LogP contribution in [0.5, 0.6) is 0 Å². The summed E-state index contributed by atoms with van der Waals surface area (Å²) < 4.78 is 13.4. The van der Waals surface area contributed by atoms with E-state index in [1.54, 1.807) is 12.1 Å². The summed E-state index contributed by atoms with van der Waals surface area (Å²) in [5.41, 5.74) is 3.87. The molecule has 158 valence electrons. The van der Waals surface area contributed by atoms with Gasteiger partial charge in [0.2, 0.25) is 0 Å². The van der Waals surface area contributed by atoms with Crippen LogP contribution in [-0.4, -0.2) is 67.7 Å². The van der Waals surface area contributed by atoms with Crippen molar-refractivity contribution >= 4 is 11.7 Å². The van der Waals surface area contributed by atoms with Crippen LogP contribution in [0, 0.1) is 5.82 Å². The van der Waals surface area contributed by atoms with Gasteiger partial charge in [-0.1, -0.05) is 30.3 Å². The minimum Gasteiger partial charge on any atom is -0.367 e. The lowest BCUT2D eigenvalue weighted by atomic mass is 9.93. The smallest absolute Gasteiger partial charge is 0.317 e. The number of rotatable bonds is 5. The van der Waals surface area contributed by atoms with E-state index in [0.29, 0.717) is 12.0 Å². The molecule has 2 amide bonds. The normalized spacial score (nSPS) is 22.4. The van der Waals surface area contributed by atoms with Crippen molar-refractivity contribution in [3.63, 3.8) is 0 Å². The van der Waals surface area contributed by atoms with Gasteiger partial charge in [-0.15, -0.1) is 0 Å². The molecular weight excluding hydrogens is 379 g/mol. The Morgan fingerprint density at radius 3 is 2.47 bits per heavy atom. The number of fused-ring (bicyclic) bond motifs is 1. The summed E-state index contributed by atoms with van der Waals surface area (Å²) in [6.07, 6.45) is 2.27. The maximum atomic E-state index is 13.4. The van der Waals surface area contributed by atoms with E-state index in [2.05, 4.69) is 39.4 Å². The highest BCUT2D eigenvalue weighted by atomic mass is 19.1. The van der Waals surface area contributed by atoms with Crippen molar-refractivity contribution in [3.05, 3.63) is 65.5 Å². The lowest BCUT2D eigenvalue weighted by Crippen LogP contribution is -2.46. The number of para-hydroxylation sites is 1. The Morgan fingerprint density at radius 2 is 1.73 bits per heavy atom. The van der Waals surface area contributed by atoms with E-state index in [-0.39, 0.29) is 11.8 Å². The Balaban J connectivity index is 1.23. The van der Waals surface area contributed by atoms with E-state index in [0.717, 1.165) is 58.7 Å². The van der Waals surface area contributed by atoms with E-state index in [1.165, 1.54) is 16.8 Å². The molecule has 2 aromatic carbocycles. The van der Waals surface area contributed by atoms with Gasteiger partial charge >= 0.3 is 6.03 Å². The van der Waals surface area contributed by atoms with Crippen molar-refractivity contribution in [2.75, 3.05) is 50.7 Å². The van der Waals surface area contributed by atoms with Gasteiger partial charge in [-0.05, 0) is 42.2 Å². The van der Waals surface area contributed by atoms with Crippen molar-refractivity contribution in [2.45, 2.75) is 24.8 Å². The van der Waals surface area contributed by atoms with Gasteiger partial charge in [0.25, 0.3) is 0 Å². The third-order valence-electron chi connectivity index (χ3n) is 6.90. The van der Waals surface area contributed by atoms with E-state index in [9.17, 15) is 9.18 Å². The van der Waals surface area contributed by atoms with Crippen molar-refractivity contribution in [1.82, 2.24) is 15.1 Å². The van der Waals surface area contributed by atoms with Crippen LogP contribution >= 0.6 is 0 Å². The number of carbonyl (C=O) groups excluding carboxylic acids is 1. The SMILES string of the molecule is O=C1NCCN1CCN1CCC(N2CC(c3ccc(F)cc3)c3ccccc32)CC1. The van der Waals surface area contributed by atoms with Crippen LogP contribution in [0.3, 0.4) is 0 Å². The number of hydrogen-bond donors (Lipinski definition) is 1. The van der Waals surface area contributed by atoms with Gasteiger partial charge in [-0.25, -0.2) is 9.18 Å². The molecule has 3 aliphatic rings. The fourth-order valence-electron chi connectivity index (χ4n) is 5.20. The van der Waals surface area contributed by atoms with Crippen LogP contribution in [0.15, 0.2) is 48.5 Å². The Morgan fingerprint density at radius 1 is 0.967 bits per heavy atom. The summed E-state index contributed by atoms with van der Waals surface area (Å²) in [6, 6.07) is 16.3. The average molecular weight is 409 g/mol. The first-order valence-corrected chi connectivity index (χ1v) is 11.1. The van der Waals surface area contributed by atoms with Crippen LogP contribution in [0.25, 0.3) is 0 Å². The third kappa shape index (κ3) is 3.76. The number of amides is 2. The Bertz CT molecular complexity index is 894. The fraction of sp³-hybridized carbons (Fsp3) is 0.458. The monoisotopic (exact) mass is 408 g/mol. The summed E-state index contributed by atoms with van der Waals surface area (Å²) in [4.78, 5) is 18.7. The molecule has 2 aromatic rings. The predicted octanol–water partition coefficient (Wildman–Crippen LogP) is 3.27. The quantitative estimate of drug-likeness (QED) is 0.825. The summed E-state index contributed by atoms with van der Waals surface area (Å²) in [5, 5.41) is 2.87. The second-order valence-electron chi connectivity index (χ2n) is 8.61. The number of carbonyl (C=O) groups is 1. The van der Waals surface area contributed by atoms with E-state index in [1.807, 2.05) is 17.0 Å². The molecule has 2 fully saturated rings. The predicted molar refractivity (Wildman–Crippen MR) is 116 cm³/mol. The van der Waals surface area contributed by atoms with Gasteiger partial charge in [0.05, 0.1) is 0 Å². The van der Waals surface area contributed by atoms with Crippen molar-refractivity contribution in [3.8, 4) is 0 Å². The topological polar surface area (TPSA) is 38.8 Å². The van der Waals surface area contributed by atoms with Crippen LogP contribution in [0.4, 0.5) is 14.9 Å². The highest BCUT2D eigenvalue weighted by Gasteiger charge is 2.35. The summed E-state index contributed by atoms with van der Waals surface area (Å²) in [5.74, 6) is 0.120. The third-order valence-corrected chi connectivity index (χ3v) is 6.90. The van der Waals surface area contributed by atoms with E-state index >= 15 is 0 Å². The van der Waals surface area contributed by atoms with Gasteiger partial charge in [0.15, 0.2) is 0 Å². The van der Waals surface area contributed by atoms with Crippen LogP contribution in [0.1, 0.15) is 29.9 Å². The molecule has 5 rings (SSSR count). The molecular formula is C24H29FN4O. The second kappa shape index (κ2) is 8.26. The number of benzene rings is 2. The zero-order chi connectivity index (χ0) is 20.5. The van der Waals surface area contributed by atoms with Crippen LogP contribution < -0.4 is 10.2 Å². The summed E-state index contributed by atoms with van der Waals surface area (Å²) >= 11 is 0. The Hall–Kier alpha value is -2.60. The lowest BCUT2D eigenvalue weighted by molar-refractivity contribution is 0.179. The molecule has 5 nitrogen and oxygen atoms in total. The van der Waals surface area contributed by atoms with Gasteiger partial charge in [0.1, 0.15) is 5.82 Å². The van der Waals surface area contributed by atoms with E-state index < -0.39 is 0 Å². The zero-order valence-electron chi connectivity index (χ0n) is 17.3. The summed E-state index contributed by atoms with van der Waals surface area (Å²) in [6.45, 7) is 6.46. The number of likely N-dealkylation sites (tertiary alicyclic amines) is 1. The number of nitrogens with one attached hydrogen (secondary N) is 1. The van der Waals surface area contributed by atoms with Crippen LogP contribution in [0.2, 0.25) is 0 Å². The van der Waals surface area contributed by atoms with Crippen molar-refractivity contribution in [1.29, 1.82) is 0 Å². The highest BCUT2D eigenvalue weighted by Crippen LogP contribution is 2.42. The van der Waals surface area contributed by atoms with Crippen molar-refractivity contribution in [2.24, 2.45) is 0 Å². The molecule has 2 saturated heterocycles. The molecule has 0 aromatic heterocycles. The average Bonchev–Trinajstić information content (AvgIpc) is 3.37. The molecule has 3 heterocycles. The van der Waals surface area contributed by atoms with E-state index in [4.69, 9.17) is 0 Å². The first-order chi connectivity index (χ1) is 14.7. The molecule has 30 heavy (non-hydrogen) atoms. The van der Waals surface area contributed by atoms with Crippen LogP contribution in [-0.2, 0) is 0 Å². The minimum absolute atomic E-state index is 0.0744. The lowest BCUT2D eigenvalue weighted by Gasteiger charge is -2.38. The Labute approximate surface area is 177 Å². The van der Waals surface area contributed by atoms with Gasteiger partial charge in [-0.3, -0.25) is 0 Å². The first kappa shape index (κ1) is 19.4. The molecule has 1 atom stereocenters. The first-order valence-electron chi connectivity index (χ1n) is 11.1. The number of urea groups is 1. The number of nitrogens with zero attached hydrogens (tertiary/aromatic N) is 3. The Kier molecular flexibility index (Phi) is 5.34. The largest absolute Gasteiger partial charge is 0.367 e. The van der Waals surface area contributed by atoms with Crippen molar-refractivity contribution < 1.29 is 9.18 Å². The fourth-order valence-corrected chi connectivity index (χ4v) is 5.20. The molecule has 6 heteroatoms. The maximum Gasteiger partial charge on any atom is 0.317 e. The molecule has 0 saturated carbocycles. The zero-order valence-corrected chi connectivity index (χ0v) is 17.3. The second-order valence-corrected chi connectivity index (χ2v) is 8.61. The molecule has 1 N–H and O–H groups in total. The number of piperidine rings is 1. The molecule has 0 aliphatic carbocycles. The molecule has 0 spiro atoms. The number of hydrogen-bond acceptors (Lipinski definition) is 3. The van der Waals surface area contributed by atoms with Gasteiger partial charge in [-0.2, -0.15) is 0 Å². The number of anilines is 1. The molecule has 0 radical (unpaired) electrons.